The number of hydrogen-bond donors (Lipinski definition) is 2. The quantitative estimate of drug-likeness (QED) is 0.744. The summed E-state index contributed by atoms with van der Waals surface area (Å²) in [6.07, 6.45) is 6.25. The summed E-state index contributed by atoms with van der Waals surface area (Å²) in [5.41, 5.74) is 0. The van der Waals surface area contributed by atoms with E-state index >= 15 is 0 Å². The van der Waals surface area contributed by atoms with E-state index in [1.54, 1.807) is 6.92 Å². The lowest BCUT2D eigenvalue weighted by Gasteiger charge is -2.22. The molecule has 1 saturated carbocycles. The van der Waals surface area contributed by atoms with Crippen LogP contribution in [0.1, 0.15) is 52.4 Å². The van der Waals surface area contributed by atoms with Crippen LogP contribution in [0.2, 0.25) is 0 Å². The molecule has 1 aliphatic carbocycles. The minimum Gasteiger partial charge on any atom is -0.355 e. The second-order valence-corrected chi connectivity index (χ2v) is 7.21. The molecule has 0 spiro atoms. The molecule has 1 rings (SSSR count). The minimum atomic E-state index is -3.36. The molecule has 5 nitrogen and oxygen atoms in total. The summed E-state index contributed by atoms with van der Waals surface area (Å²) in [4.78, 5) is 11.6. The molecule has 0 heterocycles. The number of nitrogens with one attached hydrogen (secondary N) is 2. The summed E-state index contributed by atoms with van der Waals surface area (Å²) in [6, 6.07) is -0.694. The number of amides is 1. The lowest BCUT2D eigenvalue weighted by atomic mass is 9.91. The fourth-order valence-corrected chi connectivity index (χ4v) is 4.13. The number of carbonyl (C=O) groups is 1. The van der Waals surface area contributed by atoms with Gasteiger partial charge in [0.05, 0.1) is 11.8 Å². The topological polar surface area (TPSA) is 75.3 Å². The van der Waals surface area contributed by atoms with E-state index in [1.807, 2.05) is 6.92 Å². The molecule has 112 valence electrons. The van der Waals surface area contributed by atoms with Crippen LogP contribution in [0.4, 0.5) is 0 Å². The third-order valence-electron chi connectivity index (χ3n) is 3.48. The molecular weight excluding hydrogens is 264 g/mol. The Kier molecular flexibility index (Phi) is 6.79. The molecule has 0 aromatic carbocycles. The van der Waals surface area contributed by atoms with Crippen molar-refractivity contribution in [3.05, 3.63) is 0 Å². The zero-order valence-corrected chi connectivity index (χ0v) is 12.8. The molecule has 0 bridgehead atoms. The molecular formula is C13H26N2O3S. The van der Waals surface area contributed by atoms with Crippen LogP contribution in [0.15, 0.2) is 0 Å². The van der Waals surface area contributed by atoms with Gasteiger partial charge >= 0.3 is 0 Å². The molecule has 0 radical (unpaired) electrons. The van der Waals surface area contributed by atoms with Crippen molar-refractivity contribution in [2.45, 2.75) is 58.4 Å². The molecule has 0 aliphatic heterocycles. The summed E-state index contributed by atoms with van der Waals surface area (Å²) in [6.45, 7) is 4.12. The van der Waals surface area contributed by atoms with Gasteiger partial charge in [-0.15, -0.1) is 0 Å². The van der Waals surface area contributed by atoms with Crippen molar-refractivity contribution < 1.29 is 13.2 Å². The second kappa shape index (κ2) is 7.85. The lowest BCUT2D eigenvalue weighted by molar-refractivity contribution is -0.122. The van der Waals surface area contributed by atoms with Gasteiger partial charge in [-0.3, -0.25) is 4.79 Å². The van der Waals surface area contributed by atoms with Crippen LogP contribution in [0.5, 0.6) is 0 Å². The van der Waals surface area contributed by atoms with E-state index in [9.17, 15) is 13.2 Å². The number of sulfonamides is 1. The lowest BCUT2D eigenvalue weighted by Crippen LogP contribution is -2.46. The maximum Gasteiger partial charge on any atom is 0.237 e. The van der Waals surface area contributed by atoms with Gasteiger partial charge in [0.25, 0.3) is 0 Å². The predicted molar refractivity (Wildman–Crippen MR) is 76.3 cm³/mol. The average Bonchev–Trinajstić information content (AvgIpc) is 2.35. The predicted octanol–water partition coefficient (Wildman–Crippen LogP) is 1.40. The van der Waals surface area contributed by atoms with E-state index < -0.39 is 16.1 Å². The minimum absolute atomic E-state index is 0.151. The molecule has 2 N–H and O–H groups in total. The van der Waals surface area contributed by atoms with Crippen molar-refractivity contribution in [3.63, 3.8) is 0 Å². The standard InChI is InChI=1S/C13H26N2O3S/c1-3-9-14-13(16)11(2)15-19(17,18)10-12-7-5-4-6-8-12/h11-12,15H,3-10H2,1-2H3,(H,14,16)/t11-/m0/s1. The van der Waals surface area contributed by atoms with Gasteiger partial charge < -0.3 is 5.32 Å². The fourth-order valence-electron chi connectivity index (χ4n) is 2.44. The van der Waals surface area contributed by atoms with Crippen molar-refractivity contribution >= 4 is 15.9 Å². The van der Waals surface area contributed by atoms with Crippen molar-refractivity contribution in [1.29, 1.82) is 0 Å². The van der Waals surface area contributed by atoms with Crippen molar-refractivity contribution in [2.24, 2.45) is 5.92 Å². The fraction of sp³-hybridized carbons (Fsp3) is 0.923. The van der Waals surface area contributed by atoms with Crippen LogP contribution in [0.3, 0.4) is 0 Å². The van der Waals surface area contributed by atoms with Gasteiger partial charge in [-0.25, -0.2) is 13.1 Å². The normalized spacial score (nSPS) is 19.1. The Bertz CT molecular complexity index is 375. The first-order chi connectivity index (χ1) is 8.94. The van der Waals surface area contributed by atoms with E-state index in [2.05, 4.69) is 10.0 Å². The molecule has 1 amide bonds. The van der Waals surface area contributed by atoms with Crippen molar-refractivity contribution in [1.82, 2.24) is 10.0 Å². The Morgan fingerprint density at radius 3 is 2.47 bits per heavy atom. The van der Waals surface area contributed by atoms with Crippen molar-refractivity contribution in [2.75, 3.05) is 12.3 Å². The maximum atomic E-state index is 12.0. The van der Waals surface area contributed by atoms with E-state index in [0.717, 1.165) is 32.1 Å². The highest BCUT2D eigenvalue weighted by atomic mass is 32.2. The first kappa shape index (κ1) is 16.4. The van der Waals surface area contributed by atoms with Gasteiger partial charge in [0, 0.05) is 6.54 Å². The Hall–Kier alpha value is -0.620. The second-order valence-electron chi connectivity index (χ2n) is 5.42. The van der Waals surface area contributed by atoms with Crippen LogP contribution in [0, 0.1) is 5.92 Å². The molecule has 6 heteroatoms. The monoisotopic (exact) mass is 290 g/mol. The maximum absolute atomic E-state index is 12.0. The van der Waals surface area contributed by atoms with E-state index in [1.165, 1.54) is 6.42 Å². The summed E-state index contributed by atoms with van der Waals surface area (Å²) >= 11 is 0. The first-order valence-electron chi connectivity index (χ1n) is 7.22. The first-order valence-corrected chi connectivity index (χ1v) is 8.87. The summed E-state index contributed by atoms with van der Waals surface area (Å²) in [7, 11) is -3.36. The number of carbonyl (C=O) groups excluding carboxylic acids is 1. The van der Waals surface area contributed by atoms with Crippen LogP contribution < -0.4 is 10.0 Å². The Morgan fingerprint density at radius 1 is 1.26 bits per heavy atom. The zero-order valence-electron chi connectivity index (χ0n) is 11.9. The van der Waals surface area contributed by atoms with Gasteiger partial charge in [-0.1, -0.05) is 26.2 Å². The van der Waals surface area contributed by atoms with Gasteiger partial charge in [0.15, 0.2) is 0 Å². The highest BCUT2D eigenvalue weighted by molar-refractivity contribution is 7.89. The summed E-state index contributed by atoms with van der Waals surface area (Å²) in [5.74, 6) is 0.143. The van der Waals surface area contributed by atoms with Gasteiger partial charge in [0.2, 0.25) is 15.9 Å². The Balaban J connectivity index is 2.42. The van der Waals surface area contributed by atoms with E-state index in [4.69, 9.17) is 0 Å². The molecule has 0 saturated heterocycles. The number of rotatable bonds is 7. The van der Waals surface area contributed by atoms with Crippen LogP contribution >= 0.6 is 0 Å². The third kappa shape index (κ3) is 6.38. The SMILES string of the molecule is CCCNC(=O)[C@H](C)NS(=O)(=O)CC1CCCCC1. The molecule has 0 unspecified atom stereocenters. The summed E-state index contributed by atoms with van der Waals surface area (Å²) < 4.78 is 26.5. The molecule has 1 atom stereocenters. The van der Waals surface area contributed by atoms with Crippen molar-refractivity contribution in [3.8, 4) is 0 Å². The summed E-state index contributed by atoms with van der Waals surface area (Å²) in [5, 5.41) is 2.69. The van der Waals surface area contributed by atoms with Gasteiger partial charge in [-0.05, 0) is 32.1 Å². The van der Waals surface area contributed by atoms with Gasteiger partial charge in [-0.2, -0.15) is 0 Å². The van der Waals surface area contributed by atoms with Crippen LogP contribution in [-0.4, -0.2) is 32.7 Å². The van der Waals surface area contributed by atoms with Gasteiger partial charge in [0.1, 0.15) is 0 Å². The molecule has 1 aliphatic rings. The van der Waals surface area contributed by atoms with E-state index in [0.29, 0.717) is 6.54 Å². The Labute approximate surface area is 116 Å². The smallest absolute Gasteiger partial charge is 0.237 e. The molecule has 19 heavy (non-hydrogen) atoms. The molecule has 1 fully saturated rings. The average molecular weight is 290 g/mol. The zero-order chi connectivity index (χ0) is 14.3. The largest absolute Gasteiger partial charge is 0.355 e. The van der Waals surface area contributed by atoms with Crippen LogP contribution in [0.25, 0.3) is 0 Å². The third-order valence-corrected chi connectivity index (χ3v) is 5.10. The number of hydrogen-bond acceptors (Lipinski definition) is 3. The molecule has 0 aromatic heterocycles. The van der Waals surface area contributed by atoms with Crippen LogP contribution in [-0.2, 0) is 14.8 Å². The Morgan fingerprint density at radius 2 is 1.89 bits per heavy atom. The highest BCUT2D eigenvalue weighted by Crippen LogP contribution is 2.24. The molecule has 0 aromatic rings. The van der Waals surface area contributed by atoms with E-state index in [-0.39, 0.29) is 17.6 Å². The highest BCUT2D eigenvalue weighted by Gasteiger charge is 2.24.